The molecule has 0 bridgehead atoms. The summed E-state index contributed by atoms with van der Waals surface area (Å²) in [6.07, 6.45) is 0. The van der Waals surface area contributed by atoms with Gasteiger partial charge in [0.25, 0.3) is 0 Å². The van der Waals surface area contributed by atoms with E-state index in [2.05, 4.69) is 0 Å². The van der Waals surface area contributed by atoms with Crippen LogP contribution in [0.5, 0.6) is 0 Å². The standard InChI is InChI=1S/Cr.Li.Mn.Ni. The molecule has 0 aliphatic carbocycles. The summed E-state index contributed by atoms with van der Waals surface area (Å²) in [5.74, 6) is 0. The van der Waals surface area contributed by atoms with E-state index in [1.807, 2.05) is 0 Å². The van der Waals surface area contributed by atoms with Crippen molar-refractivity contribution >= 4 is 18.9 Å². The Labute approximate surface area is 69.2 Å². The second-order valence-electron chi connectivity index (χ2n) is 0. The Kier molecular flexibility index (Phi) is 170. The maximum absolute atomic E-state index is 0. The van der Waals surface area contributed by atoms with Gasteiger partial charge in [-0.3, -0.25) is 0 Å². The fourth-order valence-corrected chi connectivity index (χ4v) is 0. The van der Waals surface area contributed by atoms with Gasteiger partial charge in [0, 0.05) is 69.8 Å². The Hall–Kier alpha value is 2.14. The Morgan fingerprint density at radius 2 is 1.00 bits per heavy atom. The normalized spacial score (nSPS) is 0. The first-order valence-corrected chi connectivity index (χ1v) is 0. The van der Waals surface area contributed by atoms with Gasteiger partial charge in [0.2, 0.25) is 0 Å². The first-order valence-electron chi connectivity index (χ1n) is 0. The van der Waals surface area contributed by atoms with Crippen molar-refractivity contribution < 1.29 is 50.9 Å². The van der Waals surface area contributed by atoms with Crippen LogP contribution < -0.4 is 0 Å². The number of hydrogen-bond donors (Lipinski definition) is 0. The second kappa shape index (κ2) is 19.2. The molecule has 0 aromatic carbocycles. The Bertz CT molecular complexity index is 8.00. The van der Waals surface area contributed by atoms with Gasteiger partial charge in [0.15, 0.2) is 0 Å². The minimum absolute atomic E-state index is 0. The molecule has 0 aliphatic heterocycles. The molecule has 4 heavy (non-hydrogen) atoms. The van der Waals surface area contributed by atoms with Gasteiger partial charge in [0.1, 0.15) is 0 Å². The topological polar surface area (TPSA) is 0 Å². The van der Waals surface area contributed by atoms with Crippen LogP contribution in [0.25, 0.3) is 0 Å². The molecule has 0 N–H and O–H groups in total. The van der Waals surface area contributed by atoms with Crippen LogP contribution >= 0.6 is 0 Å². The van der Waals surface area contributed by atoms with E-state index in [1.165, 1.54) is 0 Å². The van der Waals surface area contributed by atoms with Crippen molar-refractivity contribution in [3.8, 4) is 0 Å². The van der Waals surface area contributed by atoms with E-state index in [-0.39, 0.29) is 69.8 Å². The van der Waals surface area contributed by atoms with Gasteiger partial charge in [-0.25, -0.2) is 0 Å². The van der Waals surface area contributed by atoms with Crippen LogP contribution in [0.3, 0.4) is 0 Å². The van der Waals surface area contributed by atoms with Crippen molar-refractivity contribution in [1.82, 2.24) is 0 Å². The maximum atomic E-state index is 0. The Morgan fingerprint density at radius 1 is 1.00 bits per heavy atom. The molecule has 0 heterocycles. The molecule has 0 rings (SSSR count). The number of rotatable bonds is 0. The van der Waals surface area contributed by atoms with E-state index in [0.717, 1.165) is 0 Å². The molecule has 0 aromatic heterocycles. The van der Waals surface area contributed by atoms with Crippen molar-refractivity contribution in [3.63, 3.8) is 0 Å². The van der Waals surface area contributed by atoms with E-state index < -0.39 is 0 Å². The average molecular weight is 173 g/mol. The summed E-state index contributed by atoms with van der Waals surface area (Å²) < 4.78 is 0. The molecule has 0 aromatic rings. The van der Waals surface area contributed by atoms with Crippen LogP contribution in [0.1, 0.15) is 0 Å². The van der Waals surface area contributed by atoms with Crippen molar-refractivity contribution in [1.29, 1.82) is 0 Å². The summed E-state index contributed by atoms with van der Waals surface area (Å²) in [5.41, 5.74) is 0. The molecule has 0 atom stereocenters. The molecule has 0 amide bonds. The van der Waals surface area contributed by atoms with E-state index in [1.54, 1.807) is 0 Å². The molecule has 0 nitrogen and oxygen atoms in total. The fraction of sp³-hybridized carbons (Fsp3) is 0. The van der Waals surface area contributed by atoms with Crippen LogP contribution in [0.15, 0.2) is 0 Å². The summed E-state index contributed by atoms with van der Waals surface area (Å²) in [6.45, 7) is 0. The SMILES string of the molecule is [Cr].[Li].[Mn].[Ni]. The van der Waals surface area contributed by atoms with Crippen LogP contribution in [-0.2, 0) is 50.9 Å². The summed E-state index contributed by atoms with van der Waals surface area (Å²) in [4.78, 5) is 0. The van der Waals surface area contributed by atoms with Gasteiger partial charge in [-0.2, -0.15) is 0 Å². The predicted octanol–water partition coefficient (Wildman–Crippen LogP) is -0.388. The summed E-state index contributed by atoms with van der Waals surface area (Å²) >= 11 is 0. The van der Waals surface area contributed by atoms with Crippen LogP contribution in [0, 0.1) is 0 Å². The van der Waals surface area contributed by atoms with Crippen molar-refractivity contribution in [3.05, 3.63) is 0 Å². The van der Waals surface area contributed by atoms with Gasteiger partial charge in [-0.05, 0) is 0 Å². The van der Waals surface area contributed by atoms with Gasteiger partial charge in [0.05, 0.1) is 0 Å². The molecule has 0 aliphatic rings. The molecular formula is CrLiMnNi. The molecule has 24 valence electrons. The largest absolute Gasteiger partial charge is 0 e. The Balaban J connectivity index is 0. The van der Waals surface area contributed by atoms with Gasteiger partial charge in [-0.15, -0.1) is 0 Å². The van der Waals surface area contributed by atoms with Crippen molar-refractivity contribution in [2.45, 2.75) is 0 Å². The van der Waals surface area contributed by atoms with Crippen LogP contribution in [0.4, 0.5) is 0 Å². The zero-order valence-electron chi connectivity index (χ0n) is 2.10. The quantitative estimate of drug-likeness (QED) is 0.437. The van der Waals surface area contributed by atoms with Gasteiger partial charge >= 0.3 is 0 Å². The van der Waals surface area contributed by atoms with Crippen LogP contribution in [0.2, 0.25) is 0 Å². The van der Waals surface area contributed by atoms with Gasteiger partial charge in [-0.1, -0.05) is 0 Å². The molecule has 2 radical (unpaired) electrons. The minimum Gasteiger partial charge on any atom is 0 e. The first-order chi connectivity index (χ1) is 0. The zero-order valence-corrected chi connectivity index (χ0v) is 5.55. The third-order valence-electron chi connectivity index (χ3n) is 0. The molecule has 0 spiro atoms. The summed E-state index contributed by atoms with van der Waals surface area (Å²) in [5, 5.41) is 0. The van der Waals surface area contributed by atoms with Gasteiger partial charge < -0.3 is 0 Å². The van der Waals surface area contributed by atoms with Crippen molar-refractivity contribution in [2.75, 3.05) is 0 Å². The van der Waals surface area contributed by atoms with E-state index in [4.69, 9.17) is 0 Å². The minimum atomic E-state index is 0. The molecule has 0 saturated heterocycles. The van der Waals surface area contributed by atoms with E-state index >= 15 is 0 Å². The van der Waals surface area contributed by atoms with Crippen LogP contribution in [-0.4, -0.2) is 18.9 Å². The van der Waals surface area contributed by atoms with E-state index in [0.29, 0.717) is 0 Å². The van der Waals surface area contributed by atoms with Crippen molar-refractivity contribution in [2.24, 2.45) is 0 Å². The molecule has 0 saturated carbocycles. The molecule has 0 fully saturated rings. The maximum Gasteiger partial charge on any atom is 0 e. The third kappa shape index (κ3) is 8.91. The summed E-state index contributed by atoms with van der Waals surface area (Å²) in [6, 6.07) is 0. The first kappa shape index (κ1) is 35.4. The fourth-order valence-electron chi connectivity index (χ4n) is 0. The molecule has 0 unspecified atom stereocenters. The Morgan fingerprint density at radius 3 is 1.00 bits per heavy atom. The third-order valence-corrected chi connectivity index (χ3v) is 0. The monoisotopic (exact) mass is 172 g/mol. The summed E-state index contributed by atoms with van der Waals surface area (Å²) in [7, 11) is 0. The molecule has 4 heteroatoms. The smallest absolute Gasteiger partial charge is 0 e. The predicted molar refractivity (Wildman–Crippen MR) is 5.75 cm³/mol. The second-order valence-corrected chi connectivity index (χ2v) is 0. The number of hydrogen-bond acceptors (Lipinski definition) is 0. The van der Waals surface area contributed by atoms with E-state index in [9.17, 15) is 0 Å². The molecular weight excluding hydrogens is 173 g/mol. The average Bonchev–Trinajstić information content (AvgIpc) is 0. The zero-order chi connectivity index (χ0) is 0.